The van der Waals surface area contributed by atoms with Crippen LogP contribution in [0.4, 0.5) is 14.5 Å². The molecular weight excluding hydrogens is 516 g/mol. The van der Waals surface area contributed by atoms with Crippen LogP contribution in [-0.2, 0) is 0 Å². The number of quaternary nitrogens is 1. The number of halogens is 2. The Morgan fingerprint density at radius 3 is 1.76 bits per heavy atom. The van der Waals surface area contributed by atoms with Gasteiger partial charge in [0.1, 0.15) is 17.3 Å². The second-order valence-electron chi connectivity index (χ2n) is 9.82. The van der Waals surface area contributed by atoms with Gasteiger partial charge in [0, 0.05) is 11.1 Å². The lowest BCUT2D eigenvalue weighted by Gasteiger charge is -2.18. The van der Waals surface area contributed by atoms with Gasteiger partial charge in [-0.05, 0) is 119 Å². The molecule has 0 heterocycles. The quantitative estimate of drug-likeness (QED) is 0.156. The molecule has 0 amide bonds. The highest BCUT2D eigenvalue weighted by Gasteiger charge is 2.18. The van der Waals surface area contributed by atoms with E-state index in [9.17, 15) is 8.78 Å². The molecule has 0 unspecified atom stereocenters. The molecule has 5 aromatic rings. The number of para-hydroxylation sites is 1. The van der Waals surface area contributed by atoms with Crippen molar-refractivity contribution in [2.24, 2.45) is 0 Å². The van der Waals surface area contributed by atoms with Crippen molar-refractivity contribution >= 4 is 17.3 Å². The van der Waals surface area contributed by atoms with E-state index in [2.05, 4.69) is 48.6 Å². The lowest BCUT2D eigenvalue weighted by molar-refractivity contribution is -0.539. The zero-order valence-corrected chi connectivity index (χ0v) is 23.5. The van der Waals surface area contributed by atoms with Gasteiger partial charge in [-0.2, -0.15) is 0 Å². The molecule has 0 saturated heterocycles. The number of benzene rings is 5. The molecule has 0 fully saturated rings. The third kappa shape index (κ3) is 6.06. The van der Waals surface area contributed by atoms with Crippen molar-refractivity contribution in [3.63, 3.8) is 0 Å². The van der Waals surface area contributed by atoms with Crippen molar-refractivity contribution in [1.82, 2.24) is 0 Å². The monoisotopic (exact) mass is 548 g/mol. The predicted octanol–water partition coefficient (Wildman–Crippen LogP) is 8.37. The summed E-state index contributed by atoms with van der Waals surface area (Å²) in [5.41, 5.74) is 9.58. The maximum absolute atomic E-state index is 13.8. The summed E-state index contributed by atoms with van der Waals surface area (Å²) in [6.45, 7) is 2.08. The van der Waals surface area contributed by atoms with Crippen molar-refractivity contribution in [3.8, 4) is 44.9 Å². The Kier molecular flexibility index (Phi) is 8.27. The Morgan fingerprint density at radius 2 is 1.22 bits per heavy atom. The smallest absolute Gasteiger partial charge is 0.168 e. The van der Waals surface area contributed by atoms with Gasteiger partial charge in [0.2, 0.25) is 0 Å². The average Bonchev–Trinajstić information content (AvgIpc) is 3.01. The van der Waals surface area contributed by atoms with E-state index in [-0.39, 0.29) is 11.6 Å². The number of nitrogens with two attached hydrogens (primary N) is 1. The van der Waals surface area contributed by atoms with Crippen LogP contribution < -0.4 is 14.8 Å². The fourth-order valence-corrected chi connectivity index (χ4v) is 5.03. The van der Waals surface area contributed by atoms with Crippen LogP contribution in [0.2, 0.25) is 0 Å². The van der Waals surface area contributed by atoms with Crippen LogP contribution in [0, 0.1) is 11.6 Å². The minimum absolute atomic E-state index is 0.299. The first kappa shape index (κ1) is 27.8. The molecule has 0 aromatic heterocycles. The minimum atomic E-state index is -0.299. The van der Waals surface area contributed by atoms with Crippen LogP contribution in [0.3, 0.4) is 0 Å². The summed E-state index contributed by atoms with van der Waals surface area (Å²) in [4.78, 5) is 0. The lowest BCUT2D eigenvalue weighted by Crippen LogP contribution is -2.73. The number of ether oxygens (including phenoxy) is 2. The first-order valence-electron chi connectivity index (χ1n) is 13.4. The summed E-state index contributed by atoms with van der Waals surface area (Å²) in [5.74, 6) is 0.616. The second-order valence-corrected chi connectivity index (χ2v) is 9.82. The van der Waals surface area contributed by atoms with Crippen LogP contribution in [0.5, 0.6) is 11.5 Å². The molecule has 41 heavy (non-hydrogen) atoms. The van der Waals surface area contributed by atoms with Crippen LogP contribution >= 0.6 is 0 Å². The molecule has 3 nitrogen and oxygen atoms in total. The summed E-state index contributed by atoms with van der Waals surface area (Å²) >= 11 is 0. The highest BCUT2D eigenvalue weighted by atomic mass is 19.1. The summed E-state index contributed by atoms with van der Waals surface area (Å²) in [6, 6.07) is 31.3. The van der Waals surface area contributed by atoms with E-state index >= 15 is 0 Å². The molecule has 2 N–H and O–H groups in total. The zero-order chi connectivity index (χ0) is 28.9. The first-order valence-corrected chi connectivity index (χ1v) is 13.4. The first-order chi connectivity index (χ1) is 19.9. The standard InChI is InChI=1S/C36H31F2NO2/c1-23(17-26-7-5-6-8-34(26)39-2)27-21-33(36(41-4)35(22-27)40-3)30-19-28(24-9-13-31(37)14-10-24)18-29(20-30)25-11-15-32(38)16-12-25/h5-22,39H,1-4H3/p+1/b23-17+. The molecule has 0 radical (unpaired) electrons. The van der Waals surface area contributed by atoms with E-state index in [1.54, 1.807) is 38.5 Å². The van der Waals surface area contributed by atoms with Gasteiger partial charge in [-0.3, -0.25) is 0 Å². The van der Waals surface area contributed by atoms with Gasteiger partial charge in [-0.1, -0.05) is 36.4 Å². The third-order valence-corrected chi connectivity index (χ3v) is 7.21. The van der Waals surface area contributed by atoms with Crippen LogP contribution in [0.25, 0.3) is 45.0 Å². The molecule has 0 aliphatic carbocycles. The Bertz CT molecular complexity index is 1640. The summed E-state index contributed by atoms with van der Waals surface area (Å²) in [7, 11) is 5.29. The Hall–Kier alpha value is -4.74. The maximum atomic E-state index is 13.8. The summed E-state index contributed by atoms with van der Waals surface area (Å²) in [5, 5.41) is 2.09. The average molecular weight is 549 g/mol. The molecule has 5 aromatic carbocycles. The Labute approximate surface area is 239 Å². The number of hydrogen-bond acceptors (Lipinski definition) is 2. The van der Waals surface area contributed by atoms with Gasteiger partial charge in [-0.25, -0.2) is 8.78 Å². The Balaban J connectivity index is 1.72. The highest BCUT2D eigenvalue weighted by Crippen LogP contribution is 2.43. The highest BCUT2D eigenvalue weighted by molar-refractivity contribution is 5.89. The van der Waals surface area contributed by atoms with Crippen molar-refractivity contribution in [3.05, 3.63) is 126 Å². The van der Waals surface area contributed by atoms with E-state index in [4.69, 9.17) is 9.47 Å². The molecule has 0 saturated carbocycles. The van der Waals surface area contributed by atoms with E-state index in [1.807, 2.05) is 31.3 Å². The topological polar surface area (TPSA) is 35.1 Å². The van der Waals surface area contributed by atoms with Crippen LogP contribution in [0.1, 0.15) is 18.1 Å². The SMILES string of the molecule is C[NH2+]c1ccccc1/C=C(\C)c1cc(OC)c(OC)c(-c2cc(-c3ccc(F)cc3)cc(-c3ccc(F)cc3)c2)c1. The molecule has 0 aliphatic rings. The van der Waals surface area contributed by atoms with Gasteiger partial charge in [0.15, 0.2) is 11.5 Å². The van der Waals surface area contributed by atoms with Gasteiger partial charge in [0.25, 0.3) is 0 Å². The van der Waals surface area contributed by atoms with E-state index in [1.165, 1.54) is 24.3 Å². The van der Waals surface area contributed by atoms with Gasteiger partial charge < -0.3 is 14.8 Å². The molecule has 0 atom stereocenters. The lowest BCUT2D eigenvalue weighted by atomic mass is 9.91. The number of methoxy groups -OCH3 is 2. The van der Waals surface area contributed by atoms with Gasteiger partial charge >= 0.3 is 0 Å². The number of hydrogen-bond donors (Lipinski definition) is 1. The van der Waals surface area contributed by atoms with E-state index < -0.39 is 0 Å². The zero-order valence-electron chi connectivity index (χ0n) is 23.5. The molecule has 206 valence electrons. The van der Waals surface area contributed by atoms with Crippen LogP contribution in [0.15, 0.2) is 103 Å². The Morgan fingerprint density at radius 1 is 0.659 bits per heavy atom. The van der Waals surface area contributed by atoms with Crippen molar-refractivity contribution < 1.29 is 23.6 Å². The molecule has 5 heteroatoms. The van der Waals surface area contributed by atoms with Crippen molar-refractivity contribution in [1.29, 1.82) is 0 Å². The van der Waals surface area contributed by atoms with E-state index in [0.29, 0.717) is 11.5 Å². The number of rotatable bonds is 8. The molecule has 0 aliphatic heterocycles. The van der Waals surface area contributed by atoms with Crippen molar-refractivity contribution in [2.45, 2.75) is 6.92 Å². The van der Waals surface area contributed by atoms with Crippen molar-refractivity contribution in [2.75, 3.05) is 21.3 Å². The van der Waals surface area contributed by atoms with Crippen LogP contribution in [-0.4, -0.2) is 21.3 Å². The third-order valence-electron chi connectivity index (χ3n) is 7.21. The molecule has 5 rings (SSSR count). The molecule has 0 spiro atoms. The molecular formula is C36H32F2NO2+. The van der Waals surface area contributed by atoms with Gasteiger partial charge in [0.05, 0.1) is 21.3 Å². The largest absolute Gasteiger partial charge is 0.493 e. The summed E-state index contributed by atoms with van der Waals surface area (Å²) in [6.07, 6.45) is 2.17. The molecule has 0 bridgehead atoms. The maximum Gasteiger partial charge on any atom is 0.168 e. The van der Waals surface area contributed by atoms with Gasteiger partial charge in [-0.15, -0.1) is 0 Å². The fraction of sp³-hybridized carbons (Fsp3) is 0.111. The normalized spacial score (nSPS) is 11.4. The van der Waals surface area contributed by atoms with E-state index in [0.717, 1.165) is 55.8 Å². The number of allylic oxidation sites excluding steroid dienone is 1. The summed E-state index contributed by atoms with van der Waals surface area (Å²) < 4.78 is 39.2. The second kappa shape index (κ2) is 12.2. The predicted molar refractivity (Wildman–Crippen MR) is 163 cm³/mol. The minimum Gasteiger partial charge on any atom is -0.493 e. The fourth-order valence-electron chi connectivity index (χ4n) is 5.03.